The highest BCUT2D eigenvalue weighted by atomic mass is 16.4. The molecule has 0 spiro atoms. The van der Waals surface area contributed by atoms with Crippen molar-refractivity contribution in [2.75, 3.05) is 13.6 Å². The molecule has 0 bridgehead atoms. The lowest BCUT2D eigenvalue weighted by Gasteiger charge is -2.07. The molecule has 30 heavy (non-hydrogen) atoms. The largest absolute Gasteiger partial charge is 0.481 e. The first kappa shape index (κ1) is 24.5. The van der Waals surface area contributed by atoms with Crippen LogP contribution < -0.4 is 11.1 Å². The molecule has 1 amide bonds. The molecule has 1 aromatic carbocycles. The van der Waals surface area contributed by atoms with Gasteiger partial charge in [-0.15, -0.1) is 0 Å². The van der Waals surface area contributed by atoms with E-state index in [1.165, 1.54) is 0 Å². The number of rotatable bonds is 6. The van der Waals surface area contributed by atoms with Crippen molar-refractivity contribution in [3.8, 4) is 0 Å². The summed E-state index contributed by atoms with van der Waals surface area (Å²) in [5.41, 5.74) is 7.98. The Morgan fingerprint density at radius 1 is 1.20 bits per heavy atom. The zero-order chi connectivity index (χ0) is 22.7. The quantitative estimate of drug-likeness (QED) is 0.473. The van der Waals surface area contributed by atoms with E-state index in [4.69, 9.17) is 20.7 Å². The minimum absolute atomic E-state index is 0.0417. The van der Waals surface area contributed by atoms with Crippen LogP contribution in [0.2, 0.25) is 0 Å². The number of carbonyl (C=O) groups is 3. The molecule has 162 valence electrons. The van der Waals surface area contributed by atoms with Gasteiger partial charge in [0.2, 0.25) is 0 Å². The third-order valence-corrected chi connectivity index (χ3v) is 3.77. The predicted octanol–water partition coefficient (Wildman–Crippen LogP) is 1.86. The number of aromatic nitrogens is 3. The van der Waals surface area contributed by atoms with Gasteiger partial charge in [-0.05, 0) is 19.5 Å². The second-order valence-corrected chi connectivity index (χ2v) is 6.27. The summed E-state index contributed by atoms with van der Waals surface area (Å²) in [6.45, 7) is 4.15. The highest BCUT2D eigenvalue weighted by Crippen LogP contribution is 2.25. The molecule has 3 aromatic rings. The number of nitrogens with zero attached hydrogens (tertiary/aromatic N) is 3. The second-order valence-electron chi connectivity index (χ2n) is 6.27. The van der Waals surface area contributed by atoms with Gasteiger partial charge in [-0.1, -0.05) is 31.5 Å². The van der Waals surface area contributed by atoms with Gasteiger partial charge in [0, 0.05) is 18.9 Å². The Morgan fingerprint density at radius 2 is 1.83 bits per heavy atom. The van der Waals surface area contributed by atoms with Crippen LogP contribution in [-0.2, 0) is 16.1 Å². The lowest BCUT2D eigenvalue weighted by atomic mass is 10.1. The summed E-state index contributed by atoms with van der Waals surface area (Å²) in [6, 6.07) is 7.75. The first-order chi connectivity index (χ1) is 14.2. The molecule has 0 aliphatic heterocycles. The number of carboxylic acids is 2. The maximum atomic E-state index is 11.6. The number of hydrogen-bond acceptors (Lipinski definition) is 6. The van der Waals surface area contributed by atoms with Crippen LogP contribution in [0.15, 0.2) is 30.6 Å². The normalized spacial score (nSPS) is 9.97. The molecule has 0 aliphatic rings. The molecule has 0 radical (unpaired) electrons. The summed E-state index contributed by atoms with van der Waals surface area (Å²) >= 11 is 0. The van der Waals surface area contributed by atoms with E-state index in [2.05, 4.69) is 26.8 Å². The standard InChI is InChI=1S/C15H16N4O.C3H7NO2.C2H4O2/c1-2-3-8-19-9-17-12-13(15(16)20)18-11-7-5-4-6-10(11)14(12)19;1-4-2-3(5)6;1-2(3)4/h4-7,9H,2-3,8H2,1H3,(H2,16,20);4H,2H2,1H3,(H,5,6);1H3,(H,3,4). The number of imidazole rings is 1. The maximum absolute atomic E-state index is 11.6. The van der Waals surface area contributed by atoms with E-state index in [0.717, 1.165) is 42.7 Å². The van der Waals surface area contributed by atoms with Crippen LogP contribution in [0.25, 0.3) is 21.9 Å². The number of fused-ring (bicyclic) bond motifs is 3. The van der Waals surface area contributed by atoms with Crippen molar-refractivity contribution in [2.24, 2.45) is 5.73 Å². The molecule has 5 N–H and O–H groups in total. The van der Waals surface area contributed by atoms with Gasteiger partial charge < -0.3 is 25.8 Å². The van der Waals surface area contributed by atoms with Crippen LogP contribution in [0.4, 0.5) is 0 Å². The van der Waals surface area contributed by atoms with Crippen LogP contribution in [-0.4, -0.2) is 56.2 Å². The zero-order valence-corrected chi connectivity index (χ0v) is 17.3. The van der Waals surface area contributed by atoms with E-state index in [-0.39, 0.29) is 12.2 Å². The number of primary amides is 1. The molecule has 0 unspecified atom stereocenters. The number of benzene rings is 1. The third-order valence-electron chi connectivity index (χ3n) is 3.77. The maximum Gasteiger partial charge on any atom is 0.317 e. The Balaban J connectivity index is 0.000000379. The van der Waals surface area contributed by atoms with Crippen molar-refractivity contribution in [1.82, 2.24) is 19.9 Å². The minimum atomic E-state index is -0.833. The summed E-state index contributed by atoms with van der Waals surface area (Å²) in [7, 11) is 1.59. The molecular weight excluding hydrogens is 390 g/mol. The highest BCUT2D eigenvalue weighted by Gasteiger charge is 2.16. The fourth-order valence-corrected chi connectivity index (χ4v) is 2.60. The highest BCUT2D eigenvalue weighted by molar-refractivity contribution is 6.11. The van der Waals surface area contributed by atoms with Crippen molar-refractivity contribution in [2.45, 2.75) is 33.2 Å². The second kappa shape index (κ2) is 12.1. The van der Waals surface area contributed by atoms with Gasteiger partial charge in [-0.3, -0.25) is 14.4 Å². The van der Waals surface area contributed by atoms with E-state index < -0.39 is 17.8 Å². The van der Waals surface area contributed by atoms with Crippen molar-refractivity contribution < 1.29 is 24.6 Å². The first-order valence-corrected chi connectivity index (χ1v) is 9.32. The van der Waals surface area contributed by atoms with Crippen molar-refractivity contribution >= 4 is 39.8 Å². The summed E-state index contributed by atoms with van der Waals surface area (Å²) in [5.74, 6) is -2.20. The number of aryl methyl sites for hydroxylation is 1. The molecule has 3 rings (SSSR count). The Morgan fingerprint density at radius 3 is 2.33 bits per heavy atom. The number of carboxylic acid groups (broad SMARTS) is 2. The Bertz CT molecular complexity index is 1010. The summed E-state index contributed by atoms with van der Waals surface area (Å²) in [4.78, 5) is 38.8. The first-order valence-electron chi connectivity index (χ1n) is 9.32. The molecule has 0 aliphatic carbocycles. The lowest BCUT2D eigenvalue weighted by molar-refractivity contribution is -0.136. The van der Waals surface area contributed by atoms with Crippen LogP contribution in [0.5, 0.6) is 0 Å². The number of likely N-dealkylation sites (N-methyl/N-ethyl adjacent to an activating group) is 1. The van der Waals surface area contributed by atoms with Crippen LogP contribution >= 0.6 is 0 Å². The van der Waals surface area contributed by atoms with Gasteiger partial charge in [-0.2, -0.15) is 0 Å². The van der Waals surface area contributed by atoms with Crippen LogP contribution in [0.3, 0.4) is 0 Å². The van der Waals surface area contributed by atoms with Gasteiger partial charge in [0.15, 0.2) is 5.69 Å². The number of hydrogen-bond donors (Lipinski definition) is 4. The molecule has 0 saturated heterocycles. The van der Waals surface area contributed by atoms with E-state index in [9.17, 15) is 9.59 Å². The van der Waals surface area contributed by atoms with E-state index in [1.54, 1.807) is 13.4 Å². The van der Waals surface area contributed by atoms with Gasteiger partial charge in [0.05, 0.1) is 23.9 Å². The third kappa shape index (κ3) is 7.13. The Hall–Kier alpha value is -3.53. The van der Waals surface area contributed by atoms with E-state index in [0.29, 0.717) is 5.52 Å². The van der Waals surface area contributed by atoms with Crippen molar-refractivity contribution in [3.05, 3.63) is 36.3 Å². The zero-order valence-electron chi connectivity index (χ0n) is 17.3. The number of amides is 1. The minimum Gasteiger partial charge on any atom is -0.481 e. The van der Waals surface area contributed by atoms with Crippen molar-refractivity contribution in [1.29, 1.82) is 0 Å². The molecule has 0 atom stereocenters. The SMILES string of the molecule is CC(=O)O.CCCCn1cnc2c(C(N)=O)nc3ccccc3c21.CNCC(=O)O. The molecule has 0 fully saturated rings. The number of nitrogens with two attached hydrogens (primary N) is 1. The fraction of sp³-hybridized carbons (Fsp3) is 0.350. The Labute approximate surface area is 173 Å². The summed E-state index contributed by atoms with van der Waals surface area (Å²) < 4.78 is 2.08. The predicted molar refractivity (Wildman–Crippen MR) is 113 cm³/mol. The number of unbranched alkanes of at least 4 members (excludes halogenated alkanes) is 1. The molecule has 2 aromatic heterocycles. The van der Waals surface area contributed by atoms with E-state index in [1.807, 2.05) is 24.3 Å². The topological polar surface area (TPSA) is 160 Å². The Kier molecular flexibility index (Phi) is 9.90. The van der Waals surface area contributed by atoms with E-state index >= 15 is 0 Å². The monoisotopic (exact) mass is 417 g/mol. The number of pyridine rings is 1. The average molecular weight is 417 g/mol. The van der Waals surface area contributed by atoms with Gasteiger partial charge >= 0.3 is 5.97 Å². The molecule has 2 heterocycles. The number of nitrogens with one attached hydrogen (secondary N) is 1. The number of aliphatic carboxylic acids is 2. The van der Waals surface area contributed by atoms with Gasteiger partial charge in [0.1, 0.15) is 5.52 Å². The van der Waals surface area contributed by atoms with Gasteiger partial charge in [0.25, 0.3) is 11.9 Å². The molecule has 10 heteroatoms. The molecular formula is C20H27N5O5. The summed E-state index contributed by atoms with van der Waals surface area (Å²) in [5, 5.41) is 18.7. The molecule has 0 saturated carbocycles. The van der Waals surface area contributed by atoms with Crippen LogP contribution in [0, 0.1) is 0 Å². The van der Waals surface area contributed by atoms with Gasteiger partial charge in [-0.25, -0.2) is 9.97 Å². The average Bonchev–Trinajstić information content (AvgIpc) is 3.09. The number of carbonyl (C=O) groups excluding carboxylic acids is 1. The summed E-state index contributed by atoms with van der Waals surface area (Å²) in [6.07, 6.45) is 3.93. The lowest BCUT2D eigenvalue weighted by Crippen LogP contribution is -2.16. The van der Waals surface area contributed by atoms with Crippen molar-refractivity contribution in [3.63, 3.8) is 0 Å². The van der Waals surface area contributed by atoms with Crippen LogP contribution in [0.1, 0.15) is 37.2 Å². The number of para-hydroxylation sites is 1. The fourth-order valence-electron chi connectivity index (χ4n) is 2.60. The smallest absolute Gasteiger partial charge is 0.317 e. The molecule has 10 nitrogen and oxygen atoms in total.